The summed E-state index contributed by atoms with van der Waals surface area (Å²) in [6.45, 7) is 3.66. The molecule has 0 spiro atoms. The van der Waals surface area contributed by atoms with Gasteiger partial charge in [0, 0.05) is 31.9 Å². The minimum Gasteiger partial charge on any atom is -0.361 e. The highest BCUT2D eigenvalue weighted by molar-refractivity contribution is 7.89. The highest BCUT2D eigenvalue weighted by atomic mass is 32.2. The van der Waals surface area contributed by atoms with Gasteiger partial charge in [0.25, 0.3) is 0 Å². The van der Waals surface area contributed by atoms with Crippen molar-refractivity contribution in [1.29, 1.82) is 0 Å². The van der Waals surface area contributed by atoms with Gasteiger partial charge in [0.05, 0.1) is 20.7 Å². The van der Waals surface area contributed by atoms with Crippen molar-refractivity contribution < 1.29 is 18.0 Å². The molecule has 2 aliphatic rings. The Hall–Kier alpha value is -2.23. The van der Waals surface area contributed by atoms with E-state index >= 15 is 0 Å². The van der Waals surface area contributed by atoms with Crippen LogP contribution in [0.2, 0.25) is 0 Å². The van der Waals surface area contributed by atoms with Crippen molar-refractivity contribution in [2.24, 2.45) is 0 Å². The SMILES string of the molecule is C[C@H]1C(=O)Nc2ccc(S(=O)(=O)N3CCN(c4ccc(C=O)s4)CC3)cc21. The van der Waals surface area contributed by atoms with Crippen LogP contribution in [0, 0.1) is 0 Å². The molecular formula is C18H19N3O4S2. The minimum atomic E-state index is -3.61. The second-order valence-electron chi connectivity index (χ2n) is 6.64. The number of sulfonamides is 1. The third kappa shape index (κ3) is 3.15. The van der Waals surface area contributed by atoms with E-state index in [1.54, 1.807) is 31.2 Å². The Morgan fingerprint density at radius 2 is 1.89 bits per heavy atom. The van der Waals surface area contributed by atoms with Crippen molar-refractivity contribution in [1.82, 2.24) is 4.31 Å². The van der Waals surface area contributed by atoms with Gasteiger partial charge in [0.1, 0.15) is 0 Å². The average molecular weight is 406 g/mol. The number of carbonyl (C=O) groups excluding carboxylic acids is 2. The molecule has 142 valence electrons. The molecule has 2 aromatic rings. The van der Waals surface area contributed by atoms with Gasteiger partial charge in [-0.05, 0) is 42.8 Å². The van der Waals surface area contributed by atoms with E-state index < -0.39 is 10.0 Å². The Bertz CT molecular complexity index is 1010. The van der Waals surface area contributed by atoms with Crippen molar-refractivity contribution in [2.45, 2.75) is 17.7 Å². The molecule has 0 bridgehead atoms. The molecule has 0 saturated carbocycles. The van der Waals surface area contributed by atoms with Crippen LogP contribution in [0.1, 0.15) is 28.1 Å². The molecule has 1 aromatic carbocycles. The molecule has 1 atom stereocenters. The maximum atomic E-state index is 13.0. The largest absolute Gasteiger partial charge is 0.361 e. The summed E-state index contributed by atoms with van der Waals surface area (Å²) in [5.74, 6) is -0.461. The van der Waals surface area contributed by atoms with Crippen LogP contribution in [0.4, 0.5) is 10.7 Å². The summed E-state index contributed by atoms with van der Waals surface area (Å²) in [4.78, 5) is 25.6. The van der Waals surface area contributed by atoms with E-state index in [-0.39, 0.29) is 16.7 Å². The molecule has 7 nitrogen and oxygen atoms in total. The van der Waals surface area contributed by atoms with Crippen LogP contribution < -0.4 is 10.2 Å². The molecule has 1 amide bonds. The average Bonchev–Trinajstić information content (AvgIpc) is 3.27. The summed E-state index contributed by atoms with van der Waals surface area (Å²) in [5.41, 5.74) is 1.40. The van der Waals surface area contributed by atoms with Crippen LogP contribution in [0.25, 0.3) is 0 Å². The van der Waals surface area contributed by atoms with Gasteiger partial charge in [0.2, 0.25) is 15.9 Å². The summed E-state index contributed by atoms with van der Waals surface area (Å²) in [6.07, 6.45) is 0.823. The topological polar surface area (TPSA) is 86.8 Å². The number of hydrogen-bond donors (Lipinski definition) is 1. The molecule has 0 radical (unpaired) electrons. The van der Waals surface area contributed by atoms with Crippen LogP contribution in [0.5, 0.6) is 0 Å². The lowest BCUT2D eigenvalue weighted by Gasteiger charge is -2.34. The van der Waals surface area contributed by atoms with Crippen LogP contribution in [-0.2, 0) is 14.8 Å². The lowest BCUT2D eigenvalue weighted by Crippen LogP contribution is -2.48. The number of rotatable bonds is 4. The smallest absolute Gasteiger partial charge is 0.243 e. The first-order valence-electron chi connectivity index (χ1n) is 8.65. The highest BCUT2D eigenvalue weighted by Crippen LogP contribution is 2.34. The maximum Gasteiger partial charge on any atom is 0.243 e. The van der Waals surface area contributed by atoms with Crippen LogP contribution in [0.3, 0.4) is 0 Å². The molecule has 0 aliphatic carbocycles. The zero-order valence-corrected chi connectivity index (χ0v) is 16.3. The Morgan fingerprint density at radius 3 is 2.56 bits per heavy atom. The van der Waals surface area contributed by atoms with E-state index in [9.17, 15) is 18.0 Å². The molecule has 0 unspecified atom stereocenters. The number of nitrogens with one attached hydrogen (secondary N) is 1. The summed E-state index contributed by atoms with van der Waals surface area (Å²) < 4.78 is 27.5. The van der Waals surface area contributed by atoms with Gasteiger partial charge >= 0.3 is 0 Å². The van der Waals surface area contributed by atoms with Gasteiger partial charge in [-0.15, -0.1) is 11.3 Å². The predicted molar refractivity (Wildman–Crippen MR) is 104 cm³/mol. The molecule has 1 aromatic heterocycles. The van der Waals surface area contributed by atoms with Gasteiger partial charge < -0.3 is 10.2 Å². The maximum absolute atomic E-state index is 13.0. The monoisotopic (exact) mass is 405 g/mol. The number of amides is 1. The summed E-state index contributed by atoms with van der Waals surface area (Å²) in [5, 5.41) is 3.74. The molecular weight excluding hydrogens is 386 g/mol. The zero-order chi connectivity index (χ0) is 19.2. The van der Waals surface area contributed by atoms with Crippen molar-refractivity contribution >= 4 is 44.2 Å². The van der Waals surface area contributed by atoms with Gasteiger partial charge in [-0.1, -0.05) is 0 Å². The lowest BCUT2D eigenvalue weighted by molar-refractivity contribution is -0.116. The van der Waals surface area contributed by atoms with Gasteiger partial charge in [-0.3, -0.25) is 9.59 Å². The first-order valence-corrected chi connectivity index (χ1v) is 10.9. The van der Waals surface area contributed by atoms with E-state index in [1.807, 2.05) is 6.07 Å². The standard InChI is InChI=1S/C18H19N3O4S2/c1-12-15-10-14(3-4-16(15)19-18(12)23)27(24,25)21-8-6-20(7-9-21)17-5-2-13(11-22)26-17/h2-5,10-12H,6-9H2,1H3,(H,19,23)/t12-/m1/s1. The van der Waals surface area contributed by atoms with Gasteiger partial charge in [0.15, 0.2) is 6.29 Å². The number of thiophene rings is 1. The molecule has 2 aliphatic heterocycles. The van der Waals surface area contributed by atoms with E-state index in [2.05, 4.69) is 10.2 Å². The quantitative estimate of drug-likeness (QED) is 0.788. The zero-order valence-electron chi connectivity index (χ0n) is 14.7. The Labute approximate surface area is 161 Å². The molecule has 9 heteroatoms. The fraction of sp³-hybridized carbons (Fsp3) is 0.333. The van der Waals surface area contributed by atoms with Crippen LogP contribution >= 0.6 is 11.3 Å². The third-order valence-electron chi connectivity index (χ3n) is 5.06. The number of anilines is 2. The number of benzene rings is 1. The predicted octanol–water partition coefficient (Wildman–Crippen LogP) is 2.13. The molecule has 3 heterocycles. The fourth-order valence-electron chi connectivity index (χ4n) is 3.43. The van der Waals surface area contributed by atoms with E-state index in [0.29, 0.717) is 36.7 Å². The highest BCUT2D eigenvalue weighted by Gasteiger charge is 2.32. The third-order valence-corrected chi connectivity index (χ3v) is 8.02. The summed E-state index contributed by atoms with van der Waals surface area (Å²) >= 11 is 1.41. The second-order valence-corrected chi connectivity index (χ2v) is 9.68. The molecule has 27 heavy (non-hydrogen) atoms. The van der Waals surface area contributed by atoms with Crippen molar-refractivity contribution in [2.75, 3.05) is 36.4 Å². The van der Waals surface area contributed by atoms with Crippen molar-refractivity contribution in [3.63, 3.8) is 0 Å². The summed E-state index contributed by atoms with van der Waals surface area (Å²) in [6, 6.07) is 8.48. The lowest BCUT2D eigenvalue weighted by atomic mass is 10.0. The Morgan fingerprint density at radius 1 is 1.15 bits per heavy atom. The number of aldehydes is 1. The molecule has 1 saturated heterocycles. The van der Waals surface area contributed by atoms with Crippen LogP contribution in [-0.4, -0.2) is 51.1 Å². The minimum absolute atomic E-state index is 0.112. The van der Waals surface area contributed by atoms with E-state index in [0.717, 1.165) is 16.9 Å². The number of nitrogens with zero attached hydrogens (tertiary/aromatic N) is 2. The van der Waals surface area contributed by atoms with E-state index in [1.165, 1.54) is 15.6 Å². The first-order chi connectivity index (χ1) is 12.9. The Balaban J connectivity index is 1.51. The first kappa shape index (κ1) is 18.1. The second kappa shape index (κ2) is 6.74. The number of piperazine rings is 1. The Kier molecular flexibility index (Phi) is 4.53. The number of fused-ring (bicyclic) bond motifs is 1. The van der Waals surface area contributed by atoms with Crippen molar-refractivity contribution in [3.05, 3.63) is 40.8 Å². The summed E-state index contributed by atoms with van der Waals surface area (Å²) in [7, 11) is -3.61. The molecule has 4 rings (SSSR count). The number of carbonyl (C=O) groups is 2. The van der Waals surface area contributed by atoms with Gasteiger partial charge in [-0.25, -0.2) is 8.42 Å². The molecule has 1 N–H and O–H groups in total. The van der Waals surface area contributed by atoms with E-state index in [4.69, 9.17) is 0 Å². The van der Waals surface area contributed by atoms with Crippen LogP contribution in [0.15, 0.2) is 35.2 Å². The van der Waals surface area contributed by atoms with Gasteiger partial charge in [-0.2, -0.15) is 4.31 Å². The fourth-order valence-corrected chi connectivity index (χ4v) is 5.76. The normalized spacial score (nSPS) is 20.4. The van der Waals surface area contributed by atoms with Crippen molar-refractivity contribution in [3.8, 4) is 0 Å². The number of hydrogen-bond acceptors (Lipinski definition) is 6. The molecule has 1 fully saturated rings.